The summed E-state index contributed by atoms with van der Waals surface area (Å²) in [4.78, 5) is 46.1. The van der Waals surface area contributed by atoms with E-state index in [1.165, 1.54) is 24.0 Å². The van der Waals surface area contributed by atoms with Crippen LogP contribution in [0.4, 0.5) is 10.8 Å². The Bertz CT molecular complexity index is 1610. The molecule has 0 unspecified atom stereocenters. The van der Waals surface area contributed by atoms with Crippen molar-refractivity contribution in [3.8, 4) is 0 Å². The van der Waals surface area contributed by atoms with Gasteiger partial charge in [0.25, 0.3) is 11.8 Å². The lowest BCUT2D eigenvalue weighted by atomic mass is 10.2. The number of thiocarbonyl (C=S) groups is 1. The summed E-state index contributed by atoms with van der Waals surface area (Å²) in [6.07, 6.45) is 2.62. The molecule has 0 spiro atoms. The Balaban J connectivity index is 0.000000179. The van der Waals surface area contributed by atoms with Gasteiger partial charge in [0.05, 0.1) is 5.16 Å². The molecule has 0 bridgehead atoms. The second-order valence-electron chi connectivity index (χ2n) is 6.90. The van der Waals surface area contributed by atoms with Crippen molar-refractivity contribution in [2.24, 2.45) is 4.99 Å². The first kappa shape index (κ1) is 29.7. The Morgan fingerprint density at radius 1 is 0.846 bits per heavy atom. The fourth-order valence-electron chi connectivity index (χ4n) is 2.58. The summed E-state index contributed by atoms with van der Waals surface area (Å²) in [6.45, 7) is 0. The smallest absolute Gasteiger partial charge is 0.285 e. The van der Waals surface area contributed by atoms with Crippen LogP contribution in [0.2, 0.25) is 15.5 Å². The monoisotopic (exact) mass is 616 g/mol. The van der Waals surface area contributed by atoms with E-state index >= 15 is 0 Å². The first-order valence-electron chi connectivity index (χ1n) is 10.5. The van der Waals surface area contributed by atoms with E-state index in [2.05, 4.69) is 47.4 Å². The van der Waals surface area contributed by atoms with Crippen LogP contribution in [0.25, 0.3) is 10.3 Å². The number of carbonyl (C=O) groups excluding carboxylic acids is 2. The average Bonchev–Trinajstić information content (AvgIpc) is 3.37. The zero-order valence-corrected chi connectivity index (χ0v) is 23.4. The third-order valence-electron chi connectivity index (χ3n) is 4.36. The van der Waals surface area contributed by atoms with Crippen LogP contribution in [0.15, 0.2) is 78.3 Å². The number of amides is 2. The zero-order valence-electron chi connectivity index (χ0n) is 19.5. The number of nitrogen functional groups attached to an aromatic ring is 1. The van der Waals surface area contributed by atoms with Crippen LogP contribution in [0.5, 0.6) is 0 Å². The number of nitrogens with one attached hydrogen (secondary N) is 1. The molecule has 0 fully saturated rings. The Morgan fingerprint density at radius 3 is 1.92 bits per heavy atom. The number of anilines is 2. The molecule has 0 atom stereocenters. The Labute approximate surface area is 246 Å². The van der Waals surface area contributed by atoms with E-state index in [4.69, 9.17) is 40.5 Å². The predicted octanol–water partition coefficient (Wildman–Crippen LogP) is 6.29. The maximum absolute atomic E-state index is 12.0. The molecule has 3 aromatic heterocycles. The van der Waals surface area contributed by atoms with Gasteiger partial charge in [-0.25, -0.2) is 24.9 Å². The number of benzene rings is 2. The number of aromatic nitrogens is 5. The Morgan fingerprint density at radius 2 is 1.38 bits per heavy atom. The number of aliphatic imine (C=N–C) groups is 1. The quantitative estimate of drug-likeness (QED) is 0.135. The highest BCUT2D eigenvalue weighted by Crippen LogP contribution is 2.27. The molecule has 0 saturated carbocycles. The van der Waals surface area contributed by atoms with Gasteiger partial charge >= 0.3 is 0 Å². The topological polar surface area (TPSA) is 149 Å². The van der Waals surface area contributed by atoms with E-state index in [0.717, 1.165) is 0 Å². The Kier molecular flexibility index (Phi) is 11.3. The molecule has 0 aliphatic heterocycles. The summed E-state index contributed by atoms with van der Waals surface area (Å²) in [7, 11) is 0. The van der Waals surface area contributed by atoms with Crippen LogP contribution in [0.3, 0.4) is 0 Å². The van der Waals surface area contributed by atoms with Gasteiger partial charge in [0.2, 0.25) is 0 Å². The van der Waals surface area contributed by atoms with Crippen molar-refractivity contribution in [3.63, 3.8) is 0 Å². The van der Waals surface area contributed by atoms with Crippen LogP contribution >= 0.6 is 58.4 Å². The number of nitrogens with two attached hydrogens (primary N) is 1. The van der Waals surface area contributed by atoms with Crippen molar-refractivity contribution < 1.29 is 9.59 Å². The number of isothiocyanates is 1. The Hall–Kier alpha value is -3.90. The number of carbonyl (C=O) groups is 2. The molecule has 2 amide bonds. The van der Waals surface area contributed by atoms with E-state index in [-0.39, 0.29) is 33.0 Å². The van der Waals surface area contributed by atoms with Crippen LogP contribution in [0.1, 0.15) is 20.7 Å². The number of halogens is 3. The third-order valence-corrected chi connectivity index (χ3v) is 6.21. The van der Waals surface area contributed by atoms with Gasteiger partial charge in [0.15, 0.2) is 20.6 Å². The van der Waals surface area contributed by atoms with Gasteiger partial charge in [0.1, 0.15) is 28.7 Å². The lowest BCUT2D eigenvalue weighted by Crippen LogP contribution is -2.11. The highest BCUT2D eigenvalue weighted by Gasteiger charge is 2.12. The average molecular weight is 618 g/mol. The van der Waals surface area contributed by atoms with Gasteiger partial charge in [0, 0.05) is 11.1 Å². The number of hydrogen-bond acceptors (Lipinski definition) is 10. The highest BCUT2D eigenvalue weighted by molar-refractivity contribution is 7.78. The number of fused-ring (bicyclic) bond motifs is 1. The zero-order chi connectivity index (χ0) is 28.2. The second-order valence-corrected chi connectivity index (χ2v) is 9.13. The van der Waals surface area contributed by atoms with Crippen LogP contribution in [-0.4, -0.2) is 41.9 Å². The minimum absolute atomic E-state index is 0.190. The van der Waals surface area contributed by atoms with Gasteiger partial charge in [-0.1, -0.05) is 82.5 Å². The molecule has 39 heavy (non-hydrogen) atoms. The van der Waals surface area contributed by atoms with Crippen LogP contribution < -0.4 is 11.1 Å². The number of thiazole rings is 1. The molecule has 3 heterocycles. The minimum Gasteiger partial charge on any atom is -0.394 e. The molecular formula is C24H15Cl3N8O2S2. The van der Waals surface area contributed by atoms with Gasteiger partial charge < -0.3 is 5.73 Å². The standard InChI is InChI=1S/C12H7ClN4OS.C8H5NOS.C4H3Cl2N3/c13-9-8-11(15-6-14-9)19-12(16-8)17-10(18)7-4-2-1-3-5-7;10-8(9-6-11)7-4-2-1-3-5-7;5-3-2(7)4(6)9-1-8-3/h1-6H,(H,16,17,18);1-5H;1H,7H2. The minimum atomic E-state index is -0.347. The van der Waals surface area contributed by atoms with E-state index in [0.29, 0.717) is 26.6 Å². The predicted molar refractivity (Wildman–Crippen MR) is 157 cm³/mol. The maximum atomic E-state index is 12.0. The molecule has 2 aromatic carbocycles. The summed E-state index contributed by atoms with van der Waals surface area (Å²) in [5, 5.41) is 5.85. The van der Waals surface area contributed by atoms with Crippen molar-refractivity contribution in [3.05, 3.63) is 99.9 Å². The molecule has 3 N–H and O–H groups in total. The van der Waals surface area contributed by atoms with Gasteiger partial charge in [-0.3, -0.25) is 14.9 Å². The van der Waals surface area contributed by atoms with E-state index in [1.807, 2.05) is 17.3 Å². The summed E-state index contributed by atoms with van der Waals surface area (Å²) < 4.78 is 0. The number of rotatable bonds is 3. The van der Waals surface area contributed by atoms with Gasteiger partial charge in [-0.05, 0) is 36.5 Å². The van der Waals surface area contributed by atoms with Crippen molar-refractivity contribution in [1.29, 1.82) is 0 Å². The fourth-order valence-corrected chi connectivity index (χ4v) is 4.01. The van der Waals surface area contributed by atoms with E-state index in [9.17, 15) is 9.59 Å². The van der Waals surface area contributed by atoms with Crippen LogP contribution in [0, 0.1) is 0 Å². The molecule has 10 nitrogen and oxygen atoms in total. The summed E-state index contributed by atoms with van der Waals surface area (Å²) >= 11 is 22.4. The maximum Gasteiger partial charge on any atom is 0.285 e. The largest absolute Gasteiger partial charge is 0.394 e. The normalized spacial score (nSPS) is 9.72. The fraction of sp³-hybridized carbons (Fsp3) is 0. The van der Waals surface area contributed by atoms with Crippen molar-refractivity contribution in [1.82, 2.24) is 24.9 Å². The van der Waals surface area contributed by atoms with Crippen molar-refractivity contribution in [2.45, 2.75) is 0 Å². The molecule has 5 aromatic rings. The summed E-state index contributed by atoms with van der Waals surface area (Å²) in [5.74, 6) is -0.565. The van der Waals surface area contributed by atoms with E-state index in [1.54, 1.807) is 48.5 Å². The number of hydrogen-bond donors (Lipinski definition) is 2. The number of nitrogens with zero attached hydrogens (tertiary/aromatic N) is 6. The van der Waals surface area contributed by atoms with Gasteiger partial charge in [-0.15, -0.1) is 0 Å². The molecule has 0 saturated heterocycles. The third kappa shape index (κ3) is 8.82. The SMILES string of the molecule is Nc1c(Cl)ncnc1Cl.O=C(N=C=S)c1ccccc1.O=C(Nc1nc2c(Cl)ncnc2s1)c1ccccc1. The van der Waals surface area contributed by atoms with Crippen molar-refractivity contribution >= 4 is 96.5 Å². The first-order chi connectivity index (χ1) is 18.8. The summed E-state index contributed by atoms with van der Waals surface area (Å²) in [6, 6.07) is 17.6. The molecule has 0 aliphatic carbocycles. The van der Waals surface area contributed by atoms with E-state index < -0.39 is 0 Å². The van der Waals surface area contributed by atoms with Gasteiger partial charge in [-0.2, -0.15) is 4.99 Å². The molecular weight excluding hydrogens is 603 g/mol. The molecule has 15 heteroatoms. The lowest BCUT2D eigenvalue weighted by Gasteiger charge is -2.00. The lowest BCUT2D eigenvalue weighted by molar-refractivity contribution is 0.100. The van der Waals surface area contributed by atoms with Crippen LogP contribution in [-0.2, 0) is 0 Å². The summed E-state index contributed by atoms with van der Waals surface area (Å²) in [5.41, 5.74) is 7.11. The first-order valence-corrected chi connectivity index (χ1v) is 12.9. The second kappa shape index (κ2) is 14.9. The molecule has 5 rings (SSSR count). The molecule has 0 radical (unpaired) electrons. The molecule has 0 aliphatic rings. The highest BCUT2D eigenvalue weighted by atomic mass is 35.5. The molecule has 196 valence electrons. The van der Waals surface area contributed by atoms with Crippen molar-refractivity contribution in [2.75, 3.05) is 11.1 Å².